The van der Waals surface area contributed by atoms with Crippen LogP contribution in [0.1, 0.15) is 42.0 Å². The van der Waals surface area contributed by atoms with Crippen molar-refractivity contribution in [1.29, 1.82) is 0 Å². The van der Waals surface area contributed by atoms with Gasteiger partial charge < -0.3 is 19.7 Å². The molecule has 2 rings (SSSR count). The summed E-state index contributed by atoms with van der Waals surface area (Å²) in [5.41, 5.74) is 2.88. The van der Waals surface area contributed by atoms with Crippen molar-refractivity contribution in [3.8, 4) is 23.0 Å². The van der Waals surface area contributed by atoms with Crippen LogP contribution in [0.5, 0.6) is 23.0 Å². The van der Waals surface area contributed by atoms with Gasteiger partial charge in [-0.1, -0.05) is 13.8 Å². The van der Waals surface area contributed by atoms with E-state index < -0.39 is 0 Å². The van der Waals surface area contributed by atoms with E-state index in [0.717, 1.165) is 11.1 Å². The molecule has 0 amide bonds. The van der Waals surface area contributed by atoms with Crippen molar-refractivity contribution in [3.05, 3.63) is 46.5 Å². The maximum absolute atomic E-state index is 10.7. The molecule has 136 valence electrons. The molecule has 4 nitrogen and oxygen atoms in total. The minimum Gasteiger partial charge on any atom is -0.507 e. The van der Waals surface area contributed by atoms with Gasteiger partial charge in [0.25, 0.3) is 0 Å². The number of ether oxygens (including phenoxy) is 2. The molecular weight excluding hydrogens is 335 g/mol. The molecule has 0 saturated carbocycles. The van der Waals surface area contributed by atoms with E-state index in [0.29, 0.717) is 22.6 Å². The molecular formula is C20H27O4P. The van der Waals surface area contributed by atoms with Gasteiger partial charge >= 0.3 is 0 Å². The first-order valence-electron chi connectivity index (χ1n) is 8.14. The second-order valence-corrected chi connectivity index (χ2v) is 8.51. The minimum atomic E-state index is -0.341. The second-order valence-electron chi connectivity index (χ2n) is 7.02. The van der Waals surface area contributed by atoms with E-state index in [4.69, 9.17) is 9.47 Å². The van der Waals surface area contributed by atoms with Crippen molar-refractivity contribution in [1.82, 2.24) is 0 Å². The number of phenolic OH excluding ortho intramolecular Hbond substituents is 2. The third-order valence-corrected chi connectivity index (χ3v) is 4.78. The molecule has 0 saturated heterocycles. The standard InChI is InChI=1S/C20H27O4P/c1-11-7-13(23-5)9-15(18(11)21)17(20(3,4)25)16-10-14(24-6)8-12(2)19(16)22/h7-10,17,21-22H,25H2,1-6H3. The zero-order valence-electron chi connectivity index (χ0n) is 15.7. The monoisotopic (exact) mass is 362 g/mol. The lowest BCUT2D eigenvalue weighted by atomic mass is 9.79. The molecule has 25 heavy (non-hydrogen) atoms. The minimum absolute atomic E-state index is 0.209. The number of hydrogen-bond acceptors (Lipinski definition) is 4. The molecule has 0 aliphatic rings. The molecule has 0 aliphatic heterocycles. The summed E-state index contributed by atoms with van der Waals surface area (Å²) >= 11 is 0. The lowest BCUT2D eigenvalue weighted by molar-refractivity contribution is 0.402. The van der Waals surface area contributed by atoms with E-state index in [9.17, 15) is 10.2 Å². The molecule has 0 spiro atoms. The number of benzene rings is 2. The third-order valence-electron chi connectivity index (χ3n) is 4.44. The van der Waals surface area contributed by atoms with E-state index in [-0.39, 0.29) is 22.6 Å². The molecule has 5 heteroatoms. The van der Waals surface area contributed by atoms with Gasteiger partial charge in [-0.05, 0) is 54.4 Å². The molecule has 2 aromatic rings. The Morgan fingerprint density at radius 1 is 0.840 bits per heavy atom. The third kappa shape index (κ3) is 3.85. The zero-order valence-corrected chi connectivity index (χ0v) is 16.8. The molecule has 0 aliphatic carbocycles. The summed E-state index contributed by atoms with van der Waals surface area (Å²) < 4.78 is 10.8. The van der Waals surface area contributed by atoms with Crippen LogP contribution in [0.2, 0.25) is 0 Å². The Hall–Kier alpha value is -1.93. The van der Waals surface area contributed by atoms with E-state index in [1.807, 2.05) is 39.8 Å². The van der Waals surface area contributed by atoms with Crippen LogP contribution in [-0.4, -0.2) is 29.6 Å². The van der Waals surface area contributed by atoms with E-state index in [1.54, 1.807) is 26.4 Å². The van der Waals surface area contributed by atoms with Crippen LogP contribution >= 0.6 is 9.24 Å². The van der Waals surface area contributed by atoms with Crippen molar-refractivity contribution in [2.24, 2.45) is 0 Å². The number of methoxy groups -OCH3 is 2. The number of rotatable bonds is 5. The van der Waals surface area contributed by atoms with E-state index in [2.05, 4.69) is 9.24 Å². The number of hydrogen-bond donors (Lipinski definition) is 2. The predicted molar refractivity (Wildman–Crippen MR) is 104 cm³/mol. The molecule has 1 atom stereocenters. The maximum atomic E-state index is 10.7. The van der Waals surface area contributed by atoms with E-state index >= 15 is 0 Å². The van der Waals surface area contributed by atoms with Gasteiger partial charge in [0.2, 0.25) is 0 Å². The highest BCUT2D eigenvalue weighted by Crippen LogP contribution is 2.49. The maximum Gasteiger partial charge on any atom is 0.122 e. The topological polar surface area (TPSA) is 58.9 Å². The molecule has 1 unspecified atom stereocenters. The highest BCUT2D eigenvalue weighted by Gasteiger charge is 2.34. The summed E-state index contributed by atoms with van der Waals surface area (Å²) in [7, 11) is 6.01. The Balaban J connectivity index is 2.81. The van der Waals surface area contributed by atoms with Crippen molar-refractivity contribution in [3.63, 3.8) is 0 Å². The van der Waals surface area contributed by atoms with Gasteiger partial charge in [0, 0.05) is 17.0 Å². The summed E-state index contributed by atoms with van der Waals surface area (Å²) in [6.45, 7) is 7.77. The van der Waals surface area contributed by atoms with Crippen LogP contribution in [0.3, 0.4) is 0 Å². The Morgan fingerprint density at radius 2 is 1.20 bits per heavy atom. The first-order chi connectivity index (χ1) is 11.6. The summed E-state index contributed by atoms with van der Waals surface area (Å²) in [6, 6.07) is 7.24. The van der Waals surface area contributed by atoms with Gasteiger partial charge in [-0.3, -0.25) is 0 Å². The van der Waals surface area contributed by atoms with Crippen LogP contribution in [0.25, 0.3) is 0 Å². The predicted octanol–water partition coefficient (Wildman–Crippen LogP) is 4.52. The molecule has 2 aromatic carbocycles. The highest BCUT2D eigenvalue weighted by atomic mass is 31.0. The van der Waals surface area contributed by atoms with Gasteiger partial charge in [-0.25, -0.2) is 0 Å². The normalized spacial score (nSPS) is 11.7. The number of aryl methyl sites for hydroxylation is 2. The van der Waals surface area contributed by atoms with Crippen molar-refractivity contribution in [2.75, 3.05) is 14.2 Å². The quantitative estimate of drug-likeness (QED) is 0.768. The van der Waals surface area contributed by atoms with Crippen LogP contribution in [0.4, 0.5) is 0 Å². The molecule has 0 bridgehead atoms. The highest BCUT2D eigenvalue weighted by molar-refractivity contribution is 7.19. The lowest BCUT2D eigenvalue weighted by Gasteiger charge is -2.33. The van der Waals surface area contributed by atoms with Gasteiger partial charge in [-0.2, -0.15) is 0 Å². The Morgan fingerprint density at radius 3 is 1.48 bits per heavy atom. The number of phenols is 2. The van der Waals surface area contributed by atoms with Gasteiger partial charge in [0.1, 0.15) is 23.0 Å². The van der Waals surface area contributed by atoms with Crippen LogP contribution < -0.4 is 9.47 Å². The summed E-state index contributed by atoms with van der Waals surface area (Å²) in [5.74, 6) is 1.48. The fourth-order valence-corrected chi connectivity index (χ4v) is 3.55. The Bertz CT molecular complexity index is 719. The Kier molecular flexibility index (Phi) is 5.53. The van der Waals surface area contributed by atoms with Gasteiger partial charge in [0.15, 0.2) is 0 Å². The molecule has 0 fully saturated rings. The van der Waals surface area contributed by atoms with E-state index in [1.165, 1.54) is 0 Å². The first kappa shape index (κ1) is 19.4. The summed E-state index contributed by atoms with van der Waals surface area (Å²) in [4.78, 5) is 0. The lowest BCUT2D eigenvalue weighted by Crippen LogP contribution is -2.24. The largest absolute Gasteiger partial charge is 0.507 e. The smallest absolute Gasteiger partial charge is 0.122 e. The van der Waals surface area contributed by atoms with Gasteiger partial charge in [0.05, 0.1) is 14.2 Å². The van der Waals surface area contributed by atoms with Crippen molar-refractivity contribution in [2.45, 2.75) is 38.8 Å². The van der Waals surface area contributed by atoms with Crippen LogP contribution in [0, 0.1) is 13.8 Å². The zero-order chi connectivity index (χ0) is 18.9. The number of aromatic hydroxyl groups is 2. The average molecular weight is 362 g/mol. The average Bonchev–Trinajstić information content (AvgIpc) is 2.53. The molecule has 2 N–H and O–H groups in total. The first-order valence-corrected chi connectivity index (χ1v) is 8.71. The SMILES string of the molecule is COc1cc(C)c(O)c(C(c2cc(OC)cc(C)c2O)C(C)(C)P)c1. The molecule has 0 aromatic heterocycles. The van der Waals surface area contributed by atoms with Crippen molar-refractivity contribution >= 4 is 9.24 Å². The summed E-state index contributed by atoms with van der Waals surface area (Å²) in [5, 5.41) is 21.1. The van der Waals surface area contributed by atoms with Gasteiger partial charge in [-0.15, -0.1) is 9.24 Å². The van der Waals surface area contributed by atoms with Crippen LogP contribution in [-0.2, 0) is 0 Å². The fraction of sp³-hybridized carbons (Fsp3) is 0.400. The molecule has 0 heterocycles. The Labute approximate surface area is 152 Å². The second kappa shape index (κ2) is 7.13. The van der Waals surface area contributed by atoms with Crippen molar-refractivity contribution < 1.29 is 19.7 Å². The fourth-order valence-electron chi connectivity index (χ4n) is 3.19. The van der Waals surface area contributed by atoms with Crippen LogP contribution in [0.15, 0.2) is 24.3 Å². The molecule has 0 radical (unpaired) electrons. The summed E-state index contributed by atoms with van der Waals surface area (Å²) in [6.07, 6.45) is 0.